The van der Waals surface area contributed by atoms with E-state index in [4.69, 9.17) is 0 Å². The molecule has 3 aromatic rings. The second-order valence-corrected chi connectivity index (χ2v) is 7.58. The van der Waals surface area contributed by atoms with Gasteiger partial charge in [-0.2, -0.15) is 0 Å². The van der Waals surface area contributed by atoms with Crippen molar-refractivity contribution in [2.75, 3.05) is 11.4 Å². The summed E-state index contributed by atoms with van der Waals surface area (Å²) >= 11 is 1.64. The molecule has 0 bridgehead atoms. The highest BCUT2D eigenvalue weighted by atomic mass is 32.1. The first-order valence-electron chi connectivity index (χ1n) is 8.74. The highest BCUT2D eigenvalue weighted by Crippen LogP contribution is 2.31. The van der Waals surface area contributed by atoms with E-state index in [0.717, 1.165) is 27.7 Å². The summed E-state index contributed by atoms with van der Waals surface area (Å²) in [6.45, 7) is 0.510. The van der Waals surface area contributed by atoms with Gasteiger partial charge in [-0.25, -0.2) is 13.8 Å². The van der Waals surface area contributed by atoms with Gasteiger partial charge in [0.2, 0.25) is 5.91 Å². The van der Waals surface area contributed by atoms with Crippen LogP contribution in [0.15, 0.2) is 36.4 Å². The van der Waals surface area contributed by atoms with Crippen molar-refractivity contribution in [2.45, 2.75) is 32.1 Å². The second kappa shape index (κ2) is 7.11. The molecule has 4 rings (SSSR count). The highest BCUT2D eigenvalue weighted by molar-refractivity contribution is 7.18. The Hall–Kier alpha value is -2.34. The predicted octanol–water partition coefficient (Wildman–Crippen LogP) is 4.88. The molecular formula is C20H18F2N2OS. The van der Waals surface area contributed by atoms with Crippen LogP contribution in [0, 0.1) is 11.6 Å². The van der Waals surface area contributed by atoms with Crippen LogP contribution in [0.1, 0.15) is 29.8 Å². The Labute approximate surface area is 154 Å². The Morgan fingerprint density at radius 2 is 2.08 bits per heavy atom. The number of aryl methyl sites for hydroxylation is 1. The number of hydrogen-bond acceptors (Lipinski definition) is 3. The van der Waals surface area contributed by atoms with Crippen molar-refractivity contribution in [2.24, 2.45) is 0 Å². The van der Waals surface area contributed by atoms with Crippen LogP contribution < -0.4 is 4.90 Å². The van der Waals surface area contributed by atoms with E-state index in [-0.39, 0.29) is 5.91 Å². The Morgan fingerprint density at radius 3 is 2.92 bits per heavy atom. The van der Waals surface area contributed by atoms with Gasteiger partial charge < -0.3 is 4.90 Å². The first-order chi connectivity index (χ1) is 12.6. The third kappa shape index (κ3) is 3.33. The molecule has 2 heterocycles. The van der Waals surface area contributed by atoms with E-state index >= 15 is 0 Å². The number of anilines is 1. The zero-order valence-corrected chi connectivity index (χ0v) is 15.0. The molecule has 0 N–H and O–H groups in total. The zero-order chi connectivity index (χ0) is 18.1. The van der Waals surface area contributed by atoms with Crippen molar-refractivity contribution in [1.82, 2.24) is 4.98 Å². The van der Waals surface area contributed by atoms with Crippen molar-refractivity contribution in [3.8, 4) is 0 Å². The fourth-order valence-electron chi connectivity index (χ4n) is 3.42. The maximum atomic E-state index is 14.0. The molecule has 0 spiro atoms. The monoisotopic (exact) mass is 372 g/mol. The molecule has 134 valence electrons. The number of nitrogens with zero attached hydrogens (tertiary/aromatic N) is 2. The number of carbonyl (C=O) groups excluding carboxylic acids is 1. The first-order valence-corrected chi connectivity index (χ1v) is 9.56. The lowest BCUT2D eigenvalue weighted by atomic mass is 10.00. The number of halogens is 2. The number of benzene rings is 2. The topological polar surface area (TPSA) is 33.2 Å². The highest BCUT2D eigenvalue weighted by Gasteiger charge is 2.25. The molecule has 1 amide bonds. The van der Waals surface area contributed by atoms with Gasteiger partial charge in [-0.3, -0.25) is 4.79 Å². The molecule has 0 aliphatic carbocycles. The van der Waals surface area contributed by atoms with Gasteiger partial charge in [-0.1, -0.05) is 12.1 Å². The number of thiazole rings is 1. The number of carbonyl (C=O) groups is 1. The molecule has 2 aromatic carbocycles. The molecule has 0 fully saturated rings. The van der Waals surface area contributed by atoms with Crippen LogP contribution in [0.25, 0.3) is 10.2 Å². The number of fused-ring (bicyclic) bond motifs is 2. The lowest BCUT2D eigenvalue weighted by Gasteiger charge is -2.30. The van der Waals surface area contributed by atoms with Crippen molar-refractivity contribution < 1.29 is 13.6 Å². The summed E-state index contributed by atoms with van der Waals surface area (Å²) in [5, 5.41) is 1.01. The van der Waals surface area contributed by atoms with E-state index < -0.39 is 11.6 Å². The molecule has 26 heavy (non-hydrogen) atoms. The molecule has 3 nitrogen and oxygen atoms in total. The standard InChI is InChI=1S/C20H18F2N2OS/c21-13-11-15(22)14-5-4-10-24(17(14)12-13)20(25)9-3-8-19-23-16-6-1-2-7-18(16)26-19/h1-2,6-7,11-12H,3-5,8-10H2. The summed E-state index contributed by atoms with van der Waals surface area (Å²) < 4.78 is 28.7. The van der Waals surface area contributed by atoms with E-state index in [1.807, 2.05) is 24.3 Å². The van der Waals surface area contributed by atoms with Crippen LogP contribution in [0.3, 0.4) is 0 Å². The molecule has 1 aromatic heterocycles. The van der Waals surface area contributed by atoms with Crippen LogP contribution in [-0.4, -0.2) is 17.4 Å². The van der Waals surface area contributed by atoms with E-state index in [9.17, 15) is 13.6 Å². The summed E-state index contributed by atoms with van der Waals surface area (Å²) in [6.07, 6.45) is 2.97. The molecule has 6 heteroatoms. The van der Waals surface area contributed by atoms with Gasteiger partial charge in [-0.15, -0.1) is 11.3 Å². The van der Waals surface area contributed by atoms with Gasteiger partial charge in [0.25, 0.3) is 0 Å². The van der Waals surface area contributed by atoms with Crippen LogP contribution in [-0.2, 0) is 17.6 Å². The summed E-state index contributed by atoms with van der Waals surface area (Å²) in [6, 6.07) is 10.1. The van der Waals surface area contributed by atoms with Crippen LogP contribution >= 0.6 is 11.3 Å². The van der Waals surface area contributed by atoms with Crippen LogP contribution in [0.4, 0.5) is 14.5 Å². The Bertz CT molecular complexity index is 937. The summed E-state index contributed by atoms with van der Waals surface area (Å²) in [7, 11) is 0. The fraction of sp³-hybridized carbons (Fsp3) is 0.300. The third-order valence-corrected chi connectivity index (χ3v) is 5.75. The smallest absolute Gasteiger partial charge is 0.227 e. The number of aromatic nitrogens is 1. The number of para-hydroxylation sites is 1. The minimum atomic E-state index is -0.643. The molecule has 1 aliphatic heterocycles. The Morgan fingerprint density at radius 1 is 1.23 bits per heavy atom. The SMILES string of the molecule is O=C(CCCc1nc2ccccc2s1)N1CCCc2c(F)cc(F)cc21. The van der Waals surface area contributed by atoms with Crippen molar-refractivity contribution >= 4 is 33.1 Å². The summed E-state index contributed by atoms with van der Waals surface area (Å²) in [4.78, 5) is 18.7. The Kier molecular flexibility index (Phi) is 4.68. The van der Waals surface area contributed by atoms with Gasteiger partial charge in [0.1, 0.15) is 11.6 Å². The maximum Gasteiger partial charge on any atom is 0.227 e. The van der Waals surface area contributed by atoms with Crippen LogP contribution in [0.2, 0.25) is 0 Å². The molecule has 0 saturated heterocycles. The van der Waals surface area contributed by atoms with Crippen molar-refractivity contribution in [3.05, 3.63) is 58.6 Å². The maximum absolute atomic E-state index is 14.0. The minimum Gasteiger partial charge on any atom is -0.312 e. The van der Waals surface area contributed by atoms with Gasteiger partial charge in [0.05, 0.1) is 20.9 Å². The Balaban J connectivity index is 1.43. The fourth-order valence-corrected chi connectivity index (χ4v) is 4.43. The van der Waals surface area contributed by atoms with Crippen molar-refractivity contribution in [3.63, 3.8) is 0 Å². The normalized spacial score (nSPS) is 13.8. The van der Waals surface area contributed by atoms with E-state index in [2.05, 4.69) is 4.98 Å². The predicted molar refractivity (Wildman–Crippen MR) is 99.6 cm³/mol. The lowest BCUT2D eigenvalue weighted by Crippen LogP contribution is -2.35. The van der Waals surface area contributed by atoms with E-state index in [1.165, 1.54) is 11.0 Å². The molecular weight excluding hydrogens is 354 g/mol. The largest absolute Gasteiger partial charge is 0.312 e. The molecule has 0 atom stereocenters. The number of rotatable bonds is 4. The van der Waals surface area contributed by atoms with E-state index in [1.54, 1.807) is 11.3 Å². The molecule has 0 unspecified atom stereocenters. The quantitative estimate of drug-likeness (QED) is 0.654. The minimum absolute atomic E-state index is 0.0861. The average molecular weight is 372 g/mol. The molecule has 1 aliphatic rings. The van der Waals surface area contributed by atoms with E-state index in [0.29, 0.717) is 43.5 Å². The van der Waals surface area contributed by atoms with Crippen LogP contribution in [0.5, 0.6) is 0 Å². The summed E-state index contributed by atoms with van der Waals surface area (Å²) in [5.41, 5.74) is 1.81. The zero-order valence-electron chi connectivity index (χ0n) is 14.2. The molecule has 0 saturated carbocycles. The van der Waals surface area contributed by atoms with Gasteiger partial charge in [-0.05, 0) is 43.9 Å². The summed E-state index contributed by atoms with van der Waals surface area (Å²) in [5.74, 6) is -1.29. The number of amides is 1. The second-order valence-electron chi connectivity index (χ2n) is 6.46. The van der Waals surface area contributed by atoms with Gasteiger partial charge in [0, 0.05) is 24.6 Å². The first kappa shape index (κ1) is 17.1. The number of hydrogen-bond donors (Lipinski definition) is 0. The average Bonchev–Trinajstić information content (AvgIpc) is 3.03. The van der Waals surface area contributed by atoms with Crippen molar-refractivity contribution in [1.29, 1.82) is 0 Å². The van der Waals surface area contributed by atoms with Gasteiger partial charge >= 0.3 is 0 Å². The lowest BCUT2D eigenvalue weighted by molar-refractivity contribution is -0.118. The molecule has 0 radical (unpaired) electrons. The van der Waals surface area contributed by atoms with Gasteiger partial charge in [0.15, 0.2) is 0 Å². The third-order valence-electron chi connectivity index (χ3n) is 4.66.